The minimum atomic E-state index is -0.347. The number of fused-ring (bicyclic) bond motifs is 3. The molecule has 1 atom stereocenters. The highest BCUT2D eigenvalue weighted by molar-refractivity contribution is 7.99. The summed E-state index contributed by atoms with van der Waals surface area (Å²) in [4.78, 5) is 22.2. The lowest BCUT2D eigenvalue weighted by atomic mass is 10.1. The number of nitrogens with one attached hydrogen (secondary N) is 1. The van der Waals surface area contributed by atoms with Crippen LogP contribution in [0.15, 0.2) is 41.6 Å². The highest BCUT2D eigenvalue weighted by Crippen LogP contribution is 2.37. The van der Waals surface area contributed by atoms with E-state index in [0.717, 1.165) is 47.9 Å². The summed E-state index contributed by atoms with van der Waals surface area (Å²) < 4.78 is 5.25. The van der Waals surface area contributed by atoms with E-state index in [1.165, 1.54) is 16.5 Å². The maximum absolute atomic E-state index is 13.2. The molecule has 156 valence electrons. The maximum Gasteiger partial charge on any atom is 0.347 e. The van der Waals surface area contributed by atoms with Crippen LogP contribution in [-0.4, -0.2) is 59.0 Å². The first-order valence-electron chi connectivity index (χ1n) is 10.0. The van der Waals surface area contributed by atoms with E-state index in [9.17, 15) is 4.79 Å². The first-order chi connectivity index (χ1) is 14.7. The summed E-state index contributed by atoms with van der Waals surface area (Å²) in [5.41, 5.74) is 3.81. The smallest absolute Gasteiger partial charge is 0.347 e. The Balaban J connectivity index is 1.46. The number of methoxy groups -OCH3 is 1. The Hall–Kier alpha value is -2.78. The third-order valence-corrected chi connectivity index (χ3v) is 6.54. The number of hydrogen-bond donors (Lipinski definition) is 1. The first-order valence-corrected chi connectivity index (χ1v) is 11.2. The number of thioether (sulfide) groups is 1. The monoisotopic (exact) mass is 424 g/mol. The summed E-state index contributed by atoms with van der Waals surface area (Å²) in [6.07, 6.45) is 3.14. The second-order valence-electron chi connectivity index (χ2n) is 7.51. The second kappa shape index (κ2) is 8.16. The normalized spacial score (nSPS) is 20.7. The molecule has 1 unspecified atom stereocenters. The number of aromatic nitrogens is 1. The van der Waals surface area contributed by atoms with Gasteiger partial charge in [0.25, 0.3) is 0 Å². The number of urea groups is 1. The van der Waals surface area contributed by atoms with Crippen LogP contribution in [0.4, 0.5) is 10.5 Å². The van der Waals surface area contributed by atoms with Crippen molar-refractivity contribution in [2.45, 2.75) is 19.3 Å². The number of amides is 2. The Morgan fingerprint density at radius 3 is 2.73 bits per heavy atom. The van der Waals surface area contributed by atoms with Crippen LogP contribution < -0.4 is 15.0 Å². The molecule has 2 aromatic rings. The molecule has 0 aliphatic carbocycles. The van der Waals surface area contributed by atoms with Gasteiger partial charge in [0.2, 0.25) is 0 Å². The molecule has 1 fully saturated rings. The molecule has 0 bridgehead atoms. The van der Waals surface area contributed by atoms with Gasteiger partial charge in [-0.1, -0.05) is 12.1 Å². The van der Waals surface area contributed by atoms with Crippen LogP contribution in [0.1, 0.15) is 23.0 Å². The molecular weight excluding hydrogens is 400 g/mol. The van der Waals surface area contributed by atoms with Crippen LogP contribution in [0.5, 0.6) is 5.75 Å². The molecule has 1 aromatic heterocycles. The molecule has 1 saturated heterocycles. The lowest BCUT2D eigenvalue weighted by molar-refractivity contribution is 0.181. The predicted octanol–water partition coefficient (Wildman–Crippen LogP) is 2.63. The zero-order valence-corrected chi connectivity index (χ0v) is 17.6. The van der Waals surface area contributed by atoms with E-state index in [2.05, 4.69) is 21.4 Å². The molecule has 9 heteroatoms. The van der Waals surface area contributed by atoms with Gasteiger partial charge in [-0.2, -0.15) is 21.9 Å². The number of hydrogen-bond acceptors (Lipinski definition) is 7. The van der Waals surface area contributed by atoms with Gasteiger partial charge in [0.1, 0.15) is 17.8 Å². The second-order valence-corrected chi connectivity index (χ2v) is 8.74. The molecule has 8 nitrogen and oxygen atoms in total. The summed E-state index contributed by atoms with van der Waals surface area (Å²) >= 11 is 2.00. The Bertz CT molecular complexity index is 960. The van der Waals surface area contributed by atoms with Crippen LogP contribution in [-0.2, 0) is 13.1 Å². The van der Waals surface area contributed by atoms with Crippen molar-refractivity contribution in [2.24, 2.45) is 5.10 Å². The molecule has 30 heavy (non-hydrogen) atoms. The van der Waals surface area contributed by atoms with Gasteiger partial charge < -0.3 is 10.1 Å². The SMILES string of the molecule is COc1ccc(CN2C(=O)N3N=CNC3c3ncc(CN4CCSCC4)cc32)cc1. The van der Waals surface area contributed by atoms with Crippen molar-refractivity contribution < 1.29 is 9.53 Å². The highest BCUT2D eigenvalue weighted by atomic mass is 32.2. The Kier molecular flexibility index (Phi) is 5.22. The van der Waals surface area contributed by atoms with Gasteiger partial charge in [-0.3, -0.25) is 14.8 Å². The van der Waals surface area contributed by atoms with Crippen LogP contribution in [0, 0.1) is 0 Å². The zero-order chi connectivity index (χ0) is 20.5. The molecule has 3 aliphatic heterocycles. The van der Waals surface area contributed by atoms with Crippen molar-refractivity contribution in [3.63, 3.8) is 0 Å². The van der Waals surface area contributed by atoms with Crippen molar-refractivity contribution in [3.8, 4) is 5.75 Å². The highest BCUT2D eigenvalue weighted by Gasteiger charge is 2.41. The number of anilines is 1. The maximum atomic E-state index is 13.2. The van der Waals surface area contributed by atoms with Crippen molar-refractivity contribution in [1.82, 2.24) is 20.2 Å². The fraction of sp³-hybridized carbons (Fsp3) is 0.381. The minimum Gasteiger partial charge on any atom is -0.497 e. The number of carbonyl (C=O) groups is 1. The molecule has 0 radical (unpaired) electrons. The van der Waals surface area contributed by atoms with Crippen LogP contribution >= 0.6 is 11.8 Å². The summed E-state index contributed by atoms with van der Waals surface area (Å²) in [5.74, 6) is 3.12. The van der Waals surface area contributed by atoms with E-state index in [-0.39, 0.29) is 12.2 Å². The number of hydrazone groups is 1. The summed E-state index contributed by atoms with van der Waals surface area (Å²) in [6, 6.07) is 9.73. The molecule has 4 heterocycles. The van der Waals surface area contributed by atoms with Gasteiger partial charge in [-0.25, -0.2) is 4.79 Å². The lowest BCUT2D eigenvalue weighted by Crippen LogP contribution is -2.48. The number of rotatable bonds is 5. The Morgan fingerprint density at radius 2 is 1.97 bits per heavy atom. The van der Waals surface area contributed by atoms with Crippen molar-refractivity contribution in [2.75, 3.05) is 36.6 Å². The van der Waals surface area contributed by atoms with Crippen LogP contribution in [0.25, 0.3) is 0 Å². The van der Waals surface area contributed by atoms with Crippen LogP contribution in [0.3, 0.4) is 0 Å². The van der Waals surface area contributed by atoms with E-state index < -0.39 is 0 Å². The van der Waals surface area contributed by atoms with Gasteiger partial charge in [-0.05, 0) is 29.3 Å². The fourth-order valence-corrected chi connectivity index (χ4v) is 4.97. The molecule has 0 spiro atoms. The topological polar surface area (TPSA) is 73.3 Å². The molecular formula is C21H24N6O2S. The zero-order valence-electron chi connectivity index (χ0n) is 16.8. The van der Waals surface area contributed by atoms with E-state index in [1.807, 2.05) is 42.2 Å². The average molecular weight is 425 g/mol. The van der Waals surface area contributed by atoms with E-state index in [4.69, 9.17) is 9.72 Å². The number of nitrogens with zero attached hydrogens (tertiary/aromatic N) is 5. The molecule has 1 N–H and O–H groups in total. The largest absolute Gasteiger partial charge is 0.497 e. The quantitative estimate of drug-likeness (QED) is 0.796. The van der Waals surface area contributed by atoms with Gasteiger partial charge in [-0.15, -0.1) is 0 Å². The third-order valence-electron chi connectivity index (χ3n) is 5.60. The summed E-state index contributed by atoms with van der Waals surface area (Å²) in [5, 5.41) is 8.81. The average Bonchev–Trinajstić information content (AvgIpc) is 3.28. The fourth-order valence-electron chi connectivity index (χ4n) is 3.99. The molecule has 2 amide bonds. The minimum absolute atomic E-state index is 0.155. The standard InChI is InChI=1S/C21H24N6O2S/c1-29-17-4-2-15(3-5-17)13-26-18-10-16(12-25-6-8-30-9-7-25)11-22-19(18)20-23-14-24-27(20)21(26)28/h2-5,10-11,14,20H,6-9,12-13H2,1H3,(H,23,24). The Labute approximate surface area is 179 Å². The van der Waals surface area contributed by atoms with E-state index in [1.54, 1.807) is 18.3 Å². The van der Waals surface area contributed by atoms with Crippen molar-refractivity contribution in [1.29, 1.82) is 0 Å². The first kappa shape index (κ1) is 19.2. The number of pyridine rings is 1. The third kappa shape index (κ3) is 3.59. The number of ether oxygens (including phenoxy) is 1. The number of benzene rings is 1. The predicted molar refractivity (Wildman–Crippen MR) is 118 cm³/mol. The summed E-state index contributed by atoms with van der Waals surface area (Å²) in [6.45, 7) is 3.47. The van der Waals surface area contributed by atoms with Gasteiger partial charge in [0.15, 0.2) is 6.17 Å². The lowest BCUT2D eigenvalue weighted by Gasteiger charge is -2.36. The van der Waals surface area contributed by atoms with Crippen LogP contribution in [0.2, 0.25) is 0 Å². The Morgan fingerprint density at radius 1 is 1.17 bits per heavy atom. The number of carbonyl (C=O) groups excluding carboxylic acids is 1. The molecule has 1 aromatic carbocycles. The summed E-state index contributed by atoms with van der Waals surface area (Å²) in [7, 11) is 1.64. The molecule has 3 aliphatic rings. The van der Waals surface area contributed by atoms with E-state index >= 15 is 0 Å². The van der Waals surface area contributed by atoms with Crippen molar-refractivity contribution in [3.05, 3.63) is 53.3 Å². The van der Waals surface area contributed by atoms with Crippen molar-refractivity contribution >= 4 is 29.8 Å². The van der Waals surface area contributed by atoms with Gasteiger partial charge in [0, 0.05) is 37.3 Å². The molecule has 5 rings (SSSR count). The van der Waals surface area contributed by atoms with Gasteiger partial charge in [0.05, 0.1) is 19.3 Å². The molecule has 0 saturated carbocycles. The van der Waals surface area contributed by atoms with Gasteiger partial charge >= 0.3 is 6.03 Å². The van der Waals surface area contributed by atoms with E-state index in [0.29, 0.717) is 6.54 Å².